The van der Waals surface area contributed by atoms with Gasteiger partial charge >= 0.3 is 0 Å². The first-order valence-corrected chi connectivity index (χ1v) is 11.4. The van der Waals surface area contributed by atoms with E-state index in [2.05, 4.69) is 14.9 Å². The van der Waals surface area contributed by atoms with E-state index in [-0.39, 0.29) is 29.2 Å². The lowest BCUT2D eigenvalue weighted by Crippen LogP contribution is -2.46. The molecule has 9 heteroatoms. The van der Waals surface area contributed by atoms with Crippen LogP contribution in [0, 0.1) is 5.82 Å². The molecule has 5 rings (SSSR count). The number of sulfonamides is 1. The second-order valence-corrected chi connectivity index (χ2v) is 9.58. The second-order valence-electron chi connectivity index (χ2n) is 7.72. The molecule has 0 unspecified atom stereocenters. The van der Waals surface area contributed by atoms with Crippen LogP contribution in [0.25, 0.3) is 0 Å². The fourth-order valence-electron chi connectivity index (χ4n) is 4.16. The highest BCUT2D eigenvalue weighted by molar-refractivity contribution is 7.89. The molecule has 0 amide bonds. The first-order valence-electron chi connectivity index (χ1n) is 10.0. The Morgan fingerprint density at radius 1 is 0.968 bits per heavy atom. The minimum Gasteiger partial charge on any atom is -0.470 e. The number of hydrogen-bond donors (Lipinski definition) is 0. The number of pyridine rings is 2. The Labute approximate surface area is 180 Å². The van der Waals surface area contributed by atoms with Gasteiger partial charge in [0, 0.05) is 32.0 Å². The summed E-state index contributed by atoms with van der Waals surface area (Å²) < 4.78 is 48.0. The van der Waals surface area contributed by atoms with Gasteiger partial charge in [-0.05, 0) is 42.0 Å². The van der Waals surface area contributed by atoms with Crippen LogP contribution in [0.3, 0.4) is 0 Å². The number of ether oxygens (including phenoxy) is 1. The summed E-state index contributed by atoms with van der Waals surface area (Å²) in [5.41, 5.74) is 1.62. The molecule has 2 aliphatic heterocycles. The molecule has 0 bridgehead atoms. The number of aromatic nitrogens is 2. The Kier molecular flexibility index (Phi) is 5.17. The average molecular weight is 441 g/mol. The molecule has 0 saturated carbocycles. The number of likely N-dealkylation sites (tertiary alicyclic amines) is 1. The summed E-state index contributed by atoms with van der Waals surface area (Å²) >= 11 is 0. The van der Waals surface area contributed by atoms with E-state index in [0.717, 1.165) is 5.56 Å². The van der Waals surface area contributed by atoms with Crippen molar-refractivity contribution in [2.24, 2.45) is 0 Å². The van der Waals surface area contributed by atoms with Gasteiger partial charge in [-0.15, -0.1) is 0 Å². The predicted octanol–water partition coefficient (Wildman–Crippen LogP) is 2.45. The molecule has 1 fully saturated rings. The van der Waals surface area contributed by atoms with E-state index in [1.807, 2.05) is 12.1 Å². The normalized spacial score (nSPS) is 22.9. The van der Waals surface area contributed by atoms with E-state index in [4.69, 9.17) is 4.74 Å². The van der Waals surface area contributed by atoms with Crippen molar-refractivity contribution in [3.8, 4) is 5.88 Å². The molecule has 160 valence electrons. The van der Waals surface area contributed by atoms with Gasteiger partial charge in [-0.1, -0.05) is 18.2 Å². The zero-order valence-corrected chi connectivity index (χ0v) is 17.5. The van der Waals surface area contributed by atoms with Gasteiger partial charge in [-0.25, -0.2) is 17.8 Å². The summed E-state index contributed by atoms with van der Waals surface area (Å²) in [4.78, 5) is 10.7. The van der Waals surface area contributed by atoms with Crippen LogP contribution in [0.4, 0.5) is 4.39 Å². The molecule has 31 heavy (non-hydrogen) atoms. The molecular weight excluding hydrogens is 419 g/mol. The van der Waals surface area contributed by atoms with Gasteiger partial charge in [-0.3, -0.25) is 9.88 Å². The predicted molar refractivity (Wildman–Crippen MR) is 111 cm³/mol. The molecule has 2 atom stereocenters. The molecule has 1 saturated heterocycles. The summed E-state index contributed by atoms with van der Waals surface area (Å²) in [6.07, 6.45) is 2.80. The fourth-order valence-corrected chi connectivity index (χ4v) is 5.85. The molecule has 3 aromatic rings. The summed E-state index contributed by atoms with van der Waals surface area (Å²) in [6.45, 7) is 1.74. The van der Waals surface area contributed by atoms with E-state index < -0.39 is 16.1 Å². The maximum atomic E-state index is 13.6. The van der Waals surface area contributed by atoms with Crippen LogP contribution in [0.2, 0.25) is 0 Å². The molecular formula is C22H21FN4O3S. The third-order valence-electron chi connectivity index (χ3n) is 5.63. The molecule has 1 aromatic carbocycles. The second kappa shape index (κ2) is 7.99. The smallest absolute Gasteiger partial charge is 0.249 e. The van der Waals surface area contributed by atoms with Crippen LogP contribution < -0.4 is 4.74 Å². The summed E-state index contributed by atoms with van der Waals surface area (Å²) in [5.74, 6) is -0.154. The van der Waals surface area contributed by atoms with E-state index in [1.165, 1.54) is 28.7 Å². The van der Waals surface area contributed by atoms with Gasteiger partial charge < -0.3 is 4.74 Å². The maximum Gasteiger partial charge on any atom is 0.249 e. The molecule has 2 aliphatic rings. The van der Waals surface area contributed by atoms with Crippen molar-refractivity contribution in [2.75, 3.05) is 13.1 Å². The number of rotatable bonds is 4. The van der Waals surface area contributed by atoms with E-state index in [9.17, 15) is 12.8 Å². The molecule has 0 spiro atoms. The number of halogens is 1. The molecule has 0 radical (unpaired) electrons. The van der Waals surface area contributed by atoms with Crippen LogP contribution in [0.15, 0.2) is 71.9 Å². The minimum atomic E-state index is -3.84. The fraction of sp³-hybridized carbons (Fsp3) is 0.273. The minimum absolute atomic E-state index is 0.0745. The average Bonchev–Trinajstić information content (AvgIpc) is 3.12. The van der Waals surface area contributed by atoms with Gasteiger partial charge in [0.05, 0.1) is 18.3 Å². The molecule has 2 aromatic heterocycles. The van der Waals surface area contributed by atoms with Crippen molar-refractivity contribution in [1.29, 1.82) is 0 Å². The van der Waals surface area contributed by atoms with Gasteiger partial charge in [-0.2, -0.15) is 4.31 Å². The Morgan fingerprint density at radius 3 is 2.55 bits per heavy atom. The molecule has 7 nitrogen and oxygen atoms in total. The third kappa shape index (κ3) is 3.91. The molecule has 0 aliphatic carbocycles. The van der Waals surface area contributed by atoms with Crippen LogP contribution in [0.5, 0.6) is 5.88 Å². The van der Waals surface area contributed by atoms with Crippen LogP contribution in [-0.2, 0) is 23.1 Å². The van der Waals surface area contributed by atoms with Gasteiger partial charge in [0.1, 0.15) is 16.8 Å². The Balaban J connectivity index is 1.49. The quantitative estimate of drug-likeness (QED) is 0.621. The molecule has 0 N–H and O–H groups in total. The monoisotopic (exact) mass is 440 g/mol. The van der Waals surface area contributed by atoms with Crippen molar-refractivity contribution in [2.45, 2.75) is 30.1 Å². The summed E-state index contributed by atoms with van der Waals surface area (Å²) in [5, 5.41) is 0. The maximum absolute atomic E-state index is 13.6. The zero-order valence-electron chi connectivity index (χ0n) is 16.6. The standard InChI is InChI=1S/C22H21FN4O3S/c23-17-8-6-16(7-9-17)12-26-14-19-20(15-26)30-22-21(5-3-11-25-22)31(28,29)27(19)13-18-4-1-2-10-24-18/h1-11,19-20H,12-15H2/t19-,20+/m1/s1. The Morgan fingerprint density at radius 2 is 1.77 bits per heavy atom. The van der Waals surface area contributed by atoms with Crippen molar-refractivity contribution < 1.29 is 17.5 Å². The van der Waals surface area contributed by atoms with Gasteiger partial charge in [0.25, 0.3) is 0 Å². The van der Waals surface area contributed by atoms with Crippen molar-refractivity contribution in [3.63, 3.8) is 0 Å². The first-order chi connectivity index (χ1) is 15.0. The SMILES string of the molecule is O=S1(=O)c2cccnc2O[C@H]2CN(Cc3ccc(F)cc3)C[C@H]2N1Cc1ccccn1. The number of hydrogen-bond acceptors (Lipinski definition) is 6. The van der Waals surface area contributed by atoms with E-state index in [1.54, 1.807) is 30.5 Å². The summed E-state index contributed by atoms with van der Waals surface area (Å²) in [6, 6.07) is 14.5. The first kappa shape index (κ1) is 20.0. The lowest BCUT2D eigenvalue weighted by molar-refractivity contribution is 0.143. The van der Waals surface area contributed by atoms with Gasteiger partial charge in [0.2, 0.25) is 15.9 Å². The van der Waals surface area contributed by atoms with Crippen molar-refractivity contribution >= 4 is 10.0 Å². The van der Waals surface area contributed by atoms with Crippen molar-refractivity contribution in [1.82, 2.24) is 19.2 Å². The highest BCUT2D eigenvalue weighted by Gasteiger charge is 2.47. The van der Waals surface area contributed by atoms with E-state index >= 15 is 0 Å². The highest BCUT2D eigenvalue weighted by Crippen LogP contribution is 2.35. The van der Waals surface area contributed by atoms with Crippen LogP contribution >= 0.6 is 0 Å². The third-order valence-corrected chi connectivity index (χ3v) is 7.52. The van der Waals surface area contributed by atoms with E-state index in [0.29, 0.717) is 25.3 Å². The van der Waals surface area contributed by atoms with Gasteiger partial charge in [0.15, 0.2) is 0 Å². The highest BCUT2D eigenvalue weighted by atomic mass is 32.2. The van der Waals surface area contributed by atoms with Crippen LogP contribution in [-0.4, -0.2) is 52.8 Å². The summed E-state index contributed by atoms with van der Waals surface area (Å²) in [7, 11) is -3.84. The lowest BCUT2D eigenvalue weighted by atomic mass is 10.2. The van der Waals surface area contributed by atoms with Crippen LogP contribution in [0.1, 0.15) is 11.3 Å². The topological polar surface area (TPSA) is 75.6 Å². The molecule has 4 heterocycles. The Bertz CT molecular complexity index is 1170. The largest absolute Gasteiger partial charge is 0.470 e. The number of nitrogens with zero attached hydrogens (tertiary/aromatic N) is 4. The number of fused-ring (bicyclic) bond motifs is 2. The lowest BCUT2D eigenvalue weighted by Gasteiger charge is -2.27. The zero-order chi connectivity index (χ0) is 21.4. The number of benzene rings is 1. The Hall–Kier alpha value is -2.88. The van der Waals surface area contributed by atoms with Crippen molar-refractivity contribution in [3.05, 3.63) is 84.1 Å².